The first-order valence-corrected chi connectivity index (χ1v) is 10.3. The van der Waals surface area contributed by atoms with Crippen molar-refractivity contribution in [3.8, 4) is 10.6 Å². The molecule has 0 aliphatic heterocycles. The van der Waals surface area contributed by atoms with Gasteiger partial charge in [-0.3, -0.25) is 4.79 Å². The Morgan fingerprint density at radius 2 is 1.72 bits per heavy atom. The van der Waals surface area contributed by atoms with Crippen molar-refractivity contribution in [3.05, 3.63) is 41.4 Å². The van der Waals surface area contributed by atoms with Gasteiger partial charge in [0.1, 0.15) is 11.6 Å². The van der Waals surface area contributed by atoms with Crippen LogP contribution in [-0.4, -0.2) is 11.0 Å². The third-order valence-electron chi connectivity index (χ3n) is 6.39. The van der Waals surface area contributed by atoms with Crippen molar-refractivity contribution in [2.45, 2.75) is 45.1 Å². The molecule has 4 aliphatic rings. The molecule has 0 N–H and O–H groups in total. The van der Waals surface area contributed by atoms with Crippen LogP contribution < -0.4 is 0 Å². The molecule has 1 aromatic heterocycles. The van der Waals surface area contributed by atoms with E-state index in [1.807, 2.05) is 23.6 Å². The second kappa shape index (κ2) is 5.94. The van der Waals surface area contributed by atoms with Crippen molar-refractivity contribution in [2.24, 2.45) is 23.2 Å². The van der Waals surface area contributed by atoms with E-state index in [-0.39, 0.29) is 11.4 Å². The molecule has 0 unspecified atom stereocenters. The van der Waals surface area contributed by atoms with Crippen molar-refractivity contribution in [1.29, 1.82) is 0 Å². The van der Waals surface area contributed by atoms with Gasteiger partial charge in [0.05, 0.1) is 11.1 Å². The van der Waals surface area contributed by atoms with Crippen LogP contribution in [0.1, 0.15) is 44.2 Å². The summed E-state index contributed by atoms with van der Waals surface area (Å²) in [4.78, 5) is 17.5. The number of benzene rings is 1. The molecule has 0 amide bonds. The molecule has 0 atom stereocenters. The topological polar surface area (TPSA) is 39.2 Å². The molecule has 4 bridgehead atoms. The average Bonchev–Trinajstić information content (AvgIpc) is 3.08. The summed E-state index contributed by atoms with van der Waals surface area (Å²) >= 11 is 1.61. The number of aromatic nitrogens is 1. The molecule has 2 aromatic rings. The van der Waals surface area contributed by atoms with Crippen molar-refractivity contribution in [1.82, 2.24) is 4.98 Å². The van der Waals surface area contributed by atoms with Crippen molar-refractivity contribution in [3.63, 3.8) is 0 Å². The zero-order valence-electron chi connectivity index (χ0n) is 14.3. The first-order chi connectivity index (χ1) is 12.2. The van der Waals surface area contributed by atoms with E-state index in [0.717, 1.165) is 53.3 Å². The Morgan fingerprint density at radius 3 is 2.36 bits per heavy atom. The number of esters is 1. The average molecular weight is 353 g/mol. The van der Waals surface area contributed by atoms with Gasteiger partial charge in [0.25, 0.3) is 0 Å². The lowest BCUT2D eigenvalue weighted by molar-refractivity contribution is -0.173. The third-order valence-corrected chi connectivity index (χ3v) is 7.34. The molecule has 4 heteroatoms. The van der Waals surface area contributed by atoms with Crippen LogP contribution in [0.5, 0.6) is 0 Å². The minimum absolute atomic E-state index is 0.0425. The zero-order valence-corrected chi connectivity index (χ0v) is 15.1. The predicted molar refractivity (Wildman–Crippen MR) is 98.0 cm³/mol. The standard InChI is InChI=1S/C21H23NO2S/c23-20(21-9-14-6-15(10-21)8-16(7-14)11-21)24-12-18-13-25-19(22-18)17-4-2-1-3-5-17/h1-5,13-16H,6-12H2. The zero-order chi connectivity index (χ0) is 16.9. The summed E-state index contributed by atoms with van der Waals surface area (Å²) in [6.45, 7) is 0.309. The molecule has 0 saturated heterocycles. The third kappa shape index (κ3) is 2.80. The highest BCUT2D eigenvalue weighted by atomic mass is 32.1. The quantitative estimate of drug-likeness (QED) is 0.720. The normalized spacial score (nSPS) is 32.7. The monoisotopic (exact) mass is 353 g/mol. The van der Waals surface area contributed by atoms with Crippen LogP contribution in [0.15, 0.2) is 35.7 Å². The van der Waals surface area contributed by atoms with E-state index >= 15 is 0 Å². The van der Waals surface area contributed by atoms with E-state index in [2.05, 4.69) is 17.1 Å². The predicted octanol–water partition coefficient (Wildman–Crippen LogP) is 5.07. The minimum Gasteiger partial charge on any atom is -0.459 e. The maximum Gasteiger partial charge on any atom is 0.312 e. The lowest BCUT2D eigenvalue weighted by Gasteiger charge is -2.55. The summed E-state index contributed by atoms with van der Waals surface area (Å²) in [6, 6.07) is 10.2. The van der Waals surface area contributed by atoms with E-state index < -0.39 is 0 Å². The molecule has 130 valence electrons. The summed E-state index contributed by atoms with van der Waals surface area (Å²) in [5.74, 6) is 2.34. The van der Waals surface area contributed by atoms with Gasteiger partial charge in [0.2, 0.25) is 0 Å². The summed E-state index contributed by atoms with van der Waals surface area (Å²) in [6.07, 6.45) is 7.22. The number of nitrogens with zero attached hydrogens (tertiary/aromatic N) is 1. The van der Waals surface area contributed by atoms with Crippen LogP contribution in [0.4, 0.5) is 0 Å². The maximum absolute atomic E-state index is 12.9. The molecule has 4 saturated carbocycles. The van der Waals surface area contributed by atoms with Gasteiger partial charge in [-0.2, -0.15) is 0 Å². The van der Waals surface area contributed by atoms with Crippen LogP contribution in [0.2, 0.25) is 0 Å². The van der Waals surface area contributed by atoms with Gasteiger partial charge >= 0.3 is 5.97 Å². The van der Waals surface area contributed by atoms with Gasteiger partial charge in [-0.15, -0.1) is 11.3 Å². The van der Waals surface area contributed by atoms with E-state index in [1.165, 1.54) is 19.3 Å². The first kappa shape index (κ1) is 15.6. The summed E-state index contributed by atoms with van der Waals surface area (Å²) in [5, 5.41) is 3.00. The number of ether oxygens (including phenoxy) is 1. The largest absolute Gasteiger partial charge is 0.459 e. The maximum atomic E-state index is 12.9. The van der Waals surface area contributed by atoms with Crippen molar-refractivity contribution >= 4 is 17.3 Å². The first-order valence-electron chi connectivity index (χ1n) is 9.37. The highest BCUT2D eigenvalue weighted by molar-refractivity contribution is 7.13. The van der Waals surface area contributed by atoms with E-state index in [1.54, 1.807) is 11.3 Å². The molecule has 25 heavy (non-hydrogen) atoms. The summed E-state index contributed by atoms with van der Waals surface area (Å²) < 4.78 is 5.77. The number of thiazole rings is 1. The van der Waals surface area contributed by atoms with Gasteiger partial charge in [-0.1, -0.05) is 30.3 Å². The Hall–Kier alpha value is -1.68. The molecule has 3 nitrogen and oxygen atoms in total. The molecule has 6 rings (SSSR count). The number of carbonyl (C=O) groups excluding carboxylic acids is 1. The highest BCUT2D eigenvalue weighted by Gasteiger charge is 2.55. The minimum atomic E-state index is -0.174. The molecule has 4 aliphatic carbocycles. The fourth-order valence-corrected chi connectivity index (χ4v) is 6.55. The number of rotatable bonds is 4. The smallest absolute Gasteiger partial charge is 0.312 e. The van der Waals surface area contributed by atoms with Crippen LogP contribution in [0.25, 0.3) is 10.6 Å². The van der Waals surface area contributed by atoms with E-state index in [4.69, 9.17) is 4.74 Å². The van der Waals surface area contributed by atoms with Gasteiger partial charge in [-0.25, -0.2) is 4.98 Å². The molecular formula is C21H23NO2S. The number of carbonyl (C=O) groups is 1. The molecule has 0 radical (unpaired) electrons. The fourth-order valence-electron chi connectivity index (χ4n) is 5.74. The van der Waals surface area contributed by atoms with Gasteiger partial charge in [0, 0.05) is 10.9 Å². The highest BCUT2D eigenvalue weighted by Crippen LogP contribution is 2.60. The molecule has 1 aromatic carbocycles. The van der Waals surface area contributed by atoms with Crippen LogP contribution in [0, 0.1) is 23.2 Å². The summed E-state index contributed by atoms with van der Waals surface area (Å²) in [5.41, 5.74) is 1.81. The van der Waals surface area contributed by atoms with Crippen molar-refractivity contribution in [2.75, 3.05) is 0 Å². The van der Waals surface area contributed by atoms with Crippen LogP contribution in [-0.2, 0) is 16.1 Å². The summed E-state index contributed by atoms with van der Waals surface area (Å²) in [7, 11) is 0. The van der Waals surface area contributed by atoms with Crippen LogP contribution >= 0.6 is 11.3 Å². The number of hydrogen-bond acceptors (Lipinski definition) is 4. The van der Waals surface area contributed by atoms with Gasteiger partial charge in [0.15, 0.2) is 0 Å². The molecule has 4 fully saturated rings. The van der Waals surface area contributed by atoms with E-state index in [0.29, 0.717) is 6.61 Å². The molecular weight excluding hydrogens is 330 g/mol. The Kier molecular flexibility index (Phi) is 3.70. The lowest BCUT2D eigenvalue weighted by atomic mass is 9.49. The molecule has 0 spiro atoms. The van der Waals surface area contributed by atoms with E-state index in [9.17, 15) is 4.79 Å². The Balaban J connectivity index is 1.26. The number of hydrogen-bond donors (Lipinski definition) is 0. The Morgan fingerprint density at radius 1 is 1.08 bits per heavy atom. The Labute approximate surface area is 152 Å². The lowest BCUT2D eigenvalue weighted by Crippen LogP contribution is -2.50. The second-order valence-corrected chi connectivity index (χ2v) is 9.14. The molecule has 1 heterocycles. The van der Waals surface area contributed by atoms with Gasteiger partial charge in [-0.05, 0) is 56.3 Å². The van der Waals surface area contributed by atoms with Crippen molar-refractivity contribution < 1.29 is 9.53 Å². The fraction of sp³-hybridized carbons (Fsp3) is 0.524. The van der Waals surface area contributed by atoms with Crippen LogP contribution in [0.3, 0.4) is 0 Å². The Bertz CT molecular complexity index is 747. The SMILES string of the molecule is O=C(OCc1csc(-c2ccccc2)n1)C12CC3CC(CC(C3)C1)C2. The van der Waals surface area contributed by atoms with Gasteiger partial charge < -0.3 is 4.74 Å². The second-order valence-electron chi connectivity index (χ2n) is 8.28.